The number of carbonyl (C=O) groups is 2. The molecule has 0 bridgehead atoms. The van der Waals surface area contributed by atoms with Gasteiger partial charge >= 0.3 is 5.97 Å². The van der Waals surface area contributed by atoms with Crippen molar-refractivity contribution in [1.29, 1.82) is 0 Å². The Bertz CT molecular complexity index is 1120. The molecule has 2 aromatic carbocycles. The number of nitrogens with one attached hydrogen (secondary N) is 1. The van der Waals surface area contributed by atoms with Crippen LogP contribution in [0.4, 0.5) is 0 Å². The van der Waals surface area contributed by atoms with Gasteiger partial charge in [-0.15, -0.1) is 0 Å². The second kappa shape index (κ2) is 9.84. The van der Waals surface area contributed by atoms with E-state index in [9.17, 15) is 23.1 Å². The molecule has 3 rings (SSSR count). The molecule has 1 aliphatic rings. The number of carbonyl (C=O) groups excluding carboxylic acids is 1. The third kappa shape index (κ3) is 5.39. The Morgan fingerprint density at radius 1 is 1.19 bits per heavy atom. The molecular formula is C21H21Cl2IN2O5S. The minimum atomic E-state index is -4.10. The van der Waals surface area contributed by atoms with Crippen LogP contribution in [-0.2, 0) is 26.0 Å². The van der Waals surface area contributed by atoms with Gasteiger partial charge in [-0.05, 0) is 78.3 Å². The molecular weight excluding hydrogens is 590 g/mol. The van der Waals surface area contributed by atoms with Gasteiger partial charge in [-0.25, -0.2) is 13.2 Å². The van der Waals surface area contributed by atoms with Crippen LogP contribution in [0, 0.1) is 3.57 Å². The summed E-state index contributed by atoms with van der Waals surface area (Å²) in [4.78, 5) is 24.9. The molecule has 1 saturated heterocycles. The number of aliphatic carboxylic acids is 1. The standard InChI is InChI=1S/C21H21Cl2IN2O5S/c1-21(20(29)25-18(19(27)28)9-13-3-5-16(24)6-4-13)7-2-8-26(21)32(30,31)17-11-14(22)10-15(23)12-17/h3-6,10-12,18H,2,7-9H2,1H3,(H,25,29)(H,27,28)/t18?,21-/m0/s1. The highest BCUT2D eigenvalue weighted by Gasteiger charge is 2.50. The number of hydrogen-bond acceptors (Lipinski definition) is 4. The van der Waals surface area contributed by atoms with Gasteiger partial charge in [0.2, 0.25) is 15.9 Å². The Hall–Kier alpha value is -1.40. The van der Waals surface area contributed by atoms with Gasteiger partial charge in [0.05, 0.1) is 4.90 Å². The highest BCUT2D eigenvalue weighted by molar-refractivity contribution is 14.1. The van der Waals surface area contributed by atoms with Crippen molar-refractivity contribution in [3.63, 3.8) is 0 Å². The van der Waals surface area contributed by atoms with Crippen molar-refractivity contribution in [1.82, 2.24) is 9.62 Å². The smallest absolute Gasteiger partial charge is 0.326 e. The Morgan fingerprint density at radius 3 is 2.34 bits per heavy atom. The molecule has 0 radical (unpaired) electrons. The van der Waals surface area contributed by atoms with Crippen molar-refractivity contribution in [3.05, 3.63) is 61.6 Å². The van der Waals surface area contributed by atoms with Crippen LogP contribution in [0.25, 0.3) is 0 Å². The number of carboxylic acid groups (broad SMARTS) is 1. The maximum Gasteiger partial charge on any atom is 0.326 e. The fourth-order valence-electron chi connectivity index (χ4n) is 3.73. The minimum Gasteiger partial charge on any atom is -0.480 e. The van der Waals surface area contributed by atoms with Crippen LogP contribution in [0.3, 0.4) is 0 Å². The van der Waals surface area contributed by atoms with Crippen LogP contribution < -0.4 is 5.32 Å². The summed E-state index contributed by atoms with van der Waals surface area (Å²) in [6.07, 6.45) is 0.777. The summed E-state index contributed by atoms with van der Waals surface area (Å²) in [7, 11) is -4.10. The number of benzene rings is 2. The molecule has 0 aromatic heterocycles. The maximum atomic E-state index is 13.3. The van der Waals surface area contributed by atoms with Crippen LogP contribution in [-0.4, -0.2) is 47.8 Å². The number of hydrogen-bond donors (Lipinski definition) is 2. The highest BCUT2D eigenvalue weighted by atomic mass is 127. The van der Waals surface area contributed by atoms with E-state index in [1.54, 1.807) is 12.1 Å². The summed E-state index contributed by atoms with van der Waals surface area (Å²) in [5.74, 6) is -1.86. The van der Waals surface area contributed by atoms with E-state index in [1.807, 2.05) is 12.1 Å². The Balaban J connectivity index is 1.86. The van der Waals surface area contributed by atoms with Crippen molar-refractivity contribution in [2.75, 3.05) is 6.54 Å². The van der Waals surface area contributed by atoms with Crippen LogP contribution in [0.5, 0.6) is 0 Å². The molecule has 2 atom stereocenters. The molecule has 2 N–H and O–H groups in total. The van der Waals surface area contributed by atoms with Crippen molar-refractivity contribution < 1.29 is 23.1 Å². The molecule has 1 fully saturated rings. The number of nitrogens with zero attached hydrogens (tertiary/aromatic N) is 1. The molecule has 32 heavy (non-hydrogen) atoms. The van der Waals surface area contributed by atoms with E-state index >= 15 is 0 Å². The zero-order valence-corrected chi connectivity index (χ0v) is 21.5. The molecule has 1 unspecified atom stereocenters. The van der Waals surface area contributed by atoms with Gasteiger partial charge in [0.15, 0.2) is 0 Å². The Morgan fingerprint density at radius 2 is 1.78 bits per heavy atom. The predicted octanol–water partition coefficient (Wildman–Crippen LogP) is 3.95. The minimum absolute atomic E-state index is 0.0741. The van der Waals surface area contributed by atoms with E-state index in [4.69, 9.17) is 23.2 Å². The number of carboxylic acids is 1. The third-order valence-electron chi connectivity index (χ3n) is 5.44. The van der Waals surface area contributed by atoms with Crippen molar-refractivity contribution in [2.24, 2.45) is 0 Å². The summed E-state index contributed by atoms with van der Waals surface area (Å²) >= 11 is 14.1. The van der Waals surface area contributed by atoms with Crippen LogP contribution in [0.2, 0.25) is 10.0 Å². The van der Waals surface area contributed by atoms with E-state index in [0.29, 0.717) is 6.42 Å². The van der Waals surface area contributed by atoms with Crippen LogP contribution >= 0.6 is 45.8 Å². The average Bonchev–Trinajstić information content (AvgIpc) is 3.12. The second-order valence-corrected chi connectivity index (χ2v) is 11.7. The zero-order chi connectivity index (χ0) is 23.7. The SMILES string of the molecule is C[C@@]1(C(=O)NC(Cc2ccc(I)cc2)C(=O)O)CCCN1S(=O)(=O)c1cc(Cl)cc(Cl)c1. The molecule has 11 heteroatoms. The summed E-state index contributed by atoms with van der Waals surface area (Å²) in [6.45, 7) is 1.62. The summed E-state index contributed by atoms with van der Waals surface area (Å²) in [5.41, 5.74) is -0.708. The second-order valence-electron chi connectivity index (χ2n) is 7.75. The first-order valence-corrected chi connectivity index (χ1v) is 13.0. The van der Waals surface area contributed by atoms with Gasteiger partial charge < -0.3 is 10.4 Å². The lowest BCUT2D eigenvalue weighted by Crippen LogP contribution is -2.58. The molecule has 1 heterocycles. The van der Waals surface area contributed by atoms with Crippen LogP contribution in [0.15, 0.2) is 47.4 Å². The van der Waals surface area contributed by atoms with Gasteiger partial charge in [0.25, 0.3) is 0 Å². The van der Waals surface area contributed by atoms with Crippen LogP contribution in [0.1, 0.15) is 25.3 Å². The van der Waals surface area contributed by atoms with Gasteiger partial charge in [-0.2, -0.15) is 4.31 Å². The molecule has 7 nitrogen and oxygen atoms in total. The third-order valence-corrected chi connectivity index (χ3v) is 8.60. The Labute approximate surface area is 210 Å². The van der Waals surface area contributed by atoms with E-state index in [-0.39, 0.29) is 34.3 Å². The zero-order valence-electron chi connectivity index (χ0n) is 17.0. The molecule has 2 aromatic rings. The van der Waals surface area contributed by atoms with Gasteiger partial charge in [0.1, 0.15) is 11.6 Å². The highest BCUT2D eigenvalue weighted by Crippen LogP contribution is 2.36. The number of halogens is 3. The average molecular weight is 611 g/mol. The maximum absolute atomic E-state index is 13.3. The van der Waals surface area contributed by atoms with Crippen molar-refractivity contribution in [2.45, 2.75) is 42.7 Å². The molecule has 172 valence electrons. The topological polar surface area (TPSA) is 104 Å². The number of rotatable bonds is 7. The number of amides is 1. The fourth-order valence-corrected chi connectivity index (χ4v) is 6.62. The first-order valence-electron chi connectivity index (χ1n) is 9.70. The fraction of sp³-hybridized carbons (Fsp3) is 0.333. The summed E-state index contributed by atoms with van der Waals surface area (Å²) in [5, 5.41) is 12.5. The van der Waals surface area contributed by atoms with Gasteiger partial charge in [-0.3, -0.25) is 4.79 Å². The van der Waals surface area contributed by atoms with E-state index in [0.717, 1.165) is 13.4 Å². The lowest BCUT2D eigenvalue weighted by atomic mass is 9.97. The van der Waals surface area contributed by atoms with E-state index in [2.05, 4.69) is 27.9 Å². The molecule has 0 aliphatic carbocycles. The predicted molar refractivity (Wildman–Crippen MR) is 130 cm³/mol. The van der Waals surface area contributed by atoms with Crippen molar-refractivity contribution >= 4 is 67.7 Å². The van der Waals surface area contributed by atoms with E-state index < -0.39 is 33.5 Å². The largest absolute Gasteiger partial charge is 0.480 e. The summed E-state index contributed by atoms with van der Waals surface area (Å²) < 4.78 is 28.7. The summed E-state index contributed by atoms with van der Waals surface area (Å²) in [6, 6.07) is 10.0. The van der Waals surface area contributed by atoms with E-state index in [1.165, 1.54) is 25.1 Å². The molecule has 0 spiro atoms. The number of sulfonamides is 1. The first-order chi connectivity index (χ1) is 14.9. The molecule has 1 aliphatic heterocycles. The van der Waals surface area contributed by atoms with Crippen molar-refractivity contribution in [3.8, 4) is 0 Å². The molecule has 1 amide bonds. The van der Waals surface area contributed by atoms with Gasteiger partial charge in [0, 0.05) is 26.6 Å². The lowest BCUT2D eigenvalue weighted by Gasteiger charge is -2.34. The quantitative estimate of drug-likeness (QED) is 0.462. The monoisotopic (exact) mass is 610 g/mol. The van der Waals surface area contributed by atoms with Gasteiger partial charge in [-0.1, -0.05) is 35.3 Å². The first kappa shape index (κ1) is 25.2. The Kier molecular flexibility index (Phi) is 7.76. The normalized spacial score (nSPS) is 20.1. The lowest BCUT2D eigenvalue weighted by molar-refractivity contribution is -0.143. The molecule has 0 saturated carbocycles.